The Morgan fingerprint density at radius 1 is 1.36 bits per heavy atom. The van der Waals surface area contributed by atoms with Gasteiger partial charge in [0.2, 0.25) is 0 Å². The first kappa shape index (κ1) is 21.8. The average Bonchev–Trinajstić information content (AvgIpc) is 2.95. The molecule has 4 N–H and O–H groups in total. The fourth-order valence-electron chi connectivity index (χ4n) is 2.47. The lowest BCUT2D eigenvalue weighted by Crippen LogP contribution is -2.30. The van der Waals surface area contributed by atoms with Crippen molar-refractivity contribution in [2.24, 2.45) is 16.1 Å². The molecule has 1 aromatic carbocycles. The number of guanidine groups is 1. The number of nitrogens with two attached hydrogens (primary N) is 1. The molecule has 142 valence electrons. The molecule has 1 saturated heterocycles. The second-order valence-corrected chi connectivity index (χ2v) is 5.67. The number of halogens is 4. The lowest BCUT2D eigenvalue weighted by atomic mass is 9.84. The fourth-order valence-corrected chi connectivity index (χ4v) is 2.47. The van der Waals surface area contributed by atoms with Crippen molar-refractivity contribution in [1.29, 1.82) is 0 Å². The molecule has 0 aliphatic carbocycles. The molecule has 0 spiro atoms. The van der Waals surface area contributed by atoms with E-state index in [0.29, 0.717) is 31.9 Å². The van der Waals surface area contributed by atoms with Crippen LogP contribution in [-0.2, 0) is 4.74 Å². The summed E-state index contributed by atoms with van der Waals surface area (Å²) in [4.78, 5) is 4.26. The van der Waals surface area contributed by atoms with Crippen LogP contribution in [0.4, 0.5) is 18.9 Å². The van der Waals surface area contributed by atoms with Gasteiger partial charge in [-0.05, 0) is 37.1 Å². The summed E-state index contributed by atoms with van der Waals surface area (Å²) in [5.74, 6) is -0.169. The summed E-state index contributed by atoms with van der Waals surface area (Å²) in [5, 5.41) is 12.0. The van der Waals surface area contributed by atoms with E-state index in [9.17, 15) is 13.2 Å². The number of anilines is 1. The zero-order chi connectivity index (χ0) is 17.6. The van der Waals surface area contributed by atoms with E-state index in [1.54, 1.807) is 0 Å². The molecule has 0 amide bonds. The van der Waals surface area contributed by atoms with Gasteiger partial charge in [-0.3, -0.25) is 4.99 Å². The smallest absolute Gasteiger partial charge is 0.406 e. The average molecular weight is 475 g/mol. The number of ether oxygens (including phenoxy) is 2. The Morgan fingerprint density at radius 3 is 2.56 bits per heavy atom. The molecule has 1 aromatic rings. The fraction of sp³-hybridized carbons (Fsp3) is 0.533. The first-order valence-corrected chi connectivity index (χ1v) is 7.43. The van der Waals surface area contributed by atoms with E-state index in [0.717, 1.165) is 6.42 Å². The third-order valence-corrected chi connectivity index (χ3v) is 3.77. The minimum atomic E-state index is -4.72. The molecule has 1 aliphatic heterocycles. The molecule has 10 heteroatoms. The second kappa shape index (κ2) is 9.43. The number of rotatable bonds is 6. The topological polar surface area (TPSA) is 89.1 Å². The molecule has 1 heterocycles. The van der Waals surface area contributed by atoms with Crippen molar-refractivity contribution in [3.63, 3.8) is 0 Å². The summed E-state index contributed by atoms with van der Waals surface area (Å²) < 4.78 is 45.4. The van der Waals surface area contributed by atoms with E-state index in [1.165, 1.54) is 24.3 Å². The van der Waals surface area contributed by atoms with E-state index in [1.807, 2.05) is 0 Å². The quantitative estimate of drug-likeness (QED) is 0.335. The Bertz CT molecular complexity index is 561. The number of aliphatic hydroxyl groups excluding tert-OH is 1. The molecule has 0 bridgehead atoms. The highest BCUT2D eigenvalue weighted by Crippen LogP contribution is 2.32. The van der Waals surface area contributed by atoms with Gasteiger partial charge in [0.15, 0.2) is 5.96 Å². The molecule has 0 radical (unpaired) electrons. The molecule has 25 heavy (non-hydrogen) atoms. The lowest BCUT2D eigenvalue weighted by molar-refractivity contribution is -0.274. The van der Waals surface area contributed by atoms with Crippen LogP contribution in [0.2, 0.25) is 0 Å². The third kappa shape index (κ3) is 7.24. The third-order valence-electron chi connectivity index (χ3n) is 3.77. The number of hydrogen-bond donors (Lipinski definition) is 3. The van der Waals surface area contributed by atoms with Gasteiger partial charge in [-0.15, -0.1) is 37.1 Å². The molecule has 1 aliphatic rings. The van der Waals surface area contributed by atoms with Crippen LogP contribution in [0, 0.1) is 5.41 Å². The van der Waals surface area contributed by atoms with Crippen molar-refractivity contribution in [3.8, 4) is 5.75 Å². The van der Waals surface area contributed by atoms with Crippen molar-refractivity contribution in [3.05, 3.63) is 24.3 Å². The summed E-state index contributed by atoms with van der Waals surface area (Å²) >= 11 is 0. The lowest BCUT2D eigenvalue weighted by Gasteiger charge is -2.24. The van der Waals surface area contributed by atoms with Gasteiger partial charge < -0.3 is 25.6 Å². The number of benzene rings is 1. The van der Waals surface area contributed by atoms with Crippen LogP contribution in [0.15, 0.2) is 29.3 Å². The molecule has 2 rings (SSSR count). The minimum Gasteiger partial charge on any atom is -0.406 e. The van der Waals surface area contributed by atoms with Crippen LogP contribution in [0.3, 0.4) is 0 Å². The van der Waals surface area contributed by atoms with E-state index in [2.05, 4.69) is 15.0 Å². The molecule has 1 atom stereocenters. The maximum Gasteiger partial charge on any atom is 0.573 e. The SMILES string of the molecule is I.NC(=NCC1(CCO)CCOC1)Nc1ccc(OC(F)(F)F)cc1. The highest BCUT2D eigenvalue weighted by atomic mass is 127. The Hall–Kier alpha value is -1.27. The highest BCUT2D eigenvalue weighted by molar-refractivity contribution is 14.0. The molecule has 0 aromatic heterocycles. The summed E-state index contributed by atoms with van der Waals surface area (Å²) in [7, 11) is 0. The minimum absolute atomic E-state index is 0. The van der Waals surface area contributed by atoms with E-state index in [-0.39, 0.29) is 47.7 Å². The molecule has 0 saturated carbocycles. The van der Waals surface area contributed by atoms with Crippen LogP contribution >= 0.6 is 24.0 Å². The van der Waals surface area contributed by atoms with Crippen LogP contribution in [0.1, 0.15) is 12.8 Å². The Balaban J connectivity index is 0.00000312. The predicted octanol–water partition coefficient (Wildman–Crippen LogP) is 2.72. The normalized spacial score (nSPS) is 20.9. The molecule has 1 unspecified atom stereocenters. The van der Waals surface area contributed by atoms with Crippen LogP contribution < -0.4 is 15.8 Å². The Kier molecular flexibility index (Phi) is 8.22. The van der Waals surface area contributed by atoms with Gasteiger partial charge in [0.25, 0.3) is 0 Å². The number of nitrogens with one attached hydrogen (secondary N) is 1. The van der Waals surface area contributed by atoms with E-state index >= 15 is 0 Å². The van der Waals surface area contributed by atoms with Crippen molar-refractivity contribution in [2.45, 2.75) is 19.2 Å². The zero-order valence-corrected chi connectivity index (χ0v) is 15.7. The zero-order valence-electron chi connectivity index (χ0n) is 13.4. The summed E-state index contributed by atoms with van der Waals surface area (Å²) in [6.45, 7) is 1.60. The number of hydrogen-bond acceptors (Lipinski definition) is 4. The molecular weight excluding hydrogens is 454 g/mol. The van der Waals surface area contributed by atoms with E-state index < -0.39 is 6.36 Å². The van der Waals surface area contributed by atoms with Crippen molar-refractivity contribution < 1.29 is 27.8 Å². The van der Waals surface area contributed by atoms with Crippen LogP contribution in [0.25, 0.3) is 0 Å². The number of alkyl halides is 3. The van der Waals surface area contributed by atoms with Crippen LogP contribution in [-0.4, -0.2) is 43.8 Å². The van der Waals surface area contributed by atoms with Gasteiger partial charge in [0, 0.05) is 24.3 Å². The molecule has 6 nitrogen and oxygen atoms in total. The number of nitrogens with zero attached hydrogens (tertiary/aromatic N) is 1. The van der Waals surface area contributed by atoms with Gasteiger partial charge in [-0.2, -0.15) is 0 Å². The summed E-state index contributed by atoms with van der Waals surface area (Å²) in [5.41, 5.74) is 6.08. The van der Waals surface area contributed by atoms with Gasteiger partial charge >= 0.3 is 6.36 Å². The van der Waals surface area contributed by atoms with Crippen molar-refractivity contribution in [1.82, 2.24) is 0 Å². The number of aliphatic hydroxyl groups is 1. The van der Waals surface area contributed by atoms with Gasteiger partial charge in [-0.25, -0.2) is 0 Å². The maximum absolute atomic E-state index is 12.1. The molecular formula is C15H21F3IN3O3. The highest BCUT2D eigenvalue weighted by Gasteiger charge is 2.34. The maximum atomic E-state index is 12.1. The van der Waals surface area contributed by atoms with Crippen LogP contribution in [0.5, 0.6) is 5.75 Å². The van der Waals surface area contributed by atoms with Crippen molar-refractivity contribution in [2.75, 3.05) is 31.7 Å². The Morgan fingerprint density at radius 2 is 2.04 bits per heavy atom. The predicted molar refractivity (Wildman–Crippen MR) is 98.2 cm³/mol. The van der Waals surface area contributed by atoms with Gasteiger partial charge in [0.05, 0.1) is 13.2 Å². The second-order valence-electron chi connectivity index (χ2n) is 5.67. The van der Waals surface area contributed by atoms with Gasteiger partial charge in [-0.1, -0.05) is 0 Å². The standard InChI is InChI=1S/C15H20F3N3O3.HI/c16-15(17,18)24-12-3-1-11(2-4-12)21-13(19)20-9-14(5-7-22)6-8-23-10-14;/h1-4,22H,5-10H2,(H3,19,20,21);1H. The molecule has 1 fully saturated rings. The van der Waals surface area contributed by atoms with E-state index in [4.69, 9.17) is 15.6 Å². The number of aliphatic imine (C=N–C) groups is 1. The largest absolute Gasteiger partial charge is 0.573 e. The summed E-state index contributed by atoms with van der Waals surface area (Å²) in [6.07, 6.45) is -3.35. The van der Waals surface area contributed by atoms with Crippen molar-refractivity contribution >= 4 is 35.6 Å². The Labute approximate surface area is 160 Å². The first-order chi connectivity index (χ1) is 11.3. The monoisotopic (exact) mass is 475 g/mol. The first-order valence-electron chi connectivity index (χ1n) is 7.43. The van der Waals surface area contributed by atoms with Gasteiger partial charge in [0.1, 0.15) is 5.75 Å². The summed E-state index contributed by atoms with van der Waals surface area (Å²) in [6, 6.07) is 5.18.